The van der Waals surface area contributed by atoms with Gasteiger partial charge in [-0.2, -0.15) is 11.8 Å². The average Bonchev–Trinajstić information content (AvgIpc) is 3.10. The van der Waals surface area contributed by atoms with E-state index in [1.165, 1.54) is 11.8 Å². The molecule has 0 aliphatic carbocycles. The van der Waals surface area contributed by atoms with Gasteiger partial charge >= 0.3 is 5.97 Å². The third-order valence-corrected chi connectivity index (χ3v) is 5.35. The molecule has 0 saturated heterocycles. The lowest BCUT2D eigenvalue weighted by molar-refractivity contribution is -0.133. The van der Waals surface area contributed by atoms with Crippen LogP contribution in [0.2, 0.25) is 0 Å². The van der Waals surface area contributed by atoms with Gasteiger partial charge in [0.1, 0.15) is 0 Å². The first-order chi connectivity index (χ1) is 10.1. The van der Waals surface area contributed by atoms with Crippen molar-refractivity contribution in [3.8, 4) is 10.7 Å². The van der Waals surface area contributed by atoms with Crippen molar-refractivity contribution in [3.05, 3.63) is 17.5 Å². The van der Waals surface area contributed by atoms with Crippen LogP contribution < -0.4 is 0 Å². The summed E-state index contributed by atoms with van der Waals surface area (Å²) in [6, 6.07) is 4.23. The zero-order valence-corrected chi connectivity index (χ0v) is 14.3. The number of rotatable bonds is 8. The maximum Gasteiger partial charge on any atom is 0.313 e. The van der Waals surface area contributed by atoms with Gasteiger partial charge < -0.3 is 5.11 Å². The maximum absolute atomic E-state index is 10.8. The van der Waals surface area contributed by atoms with Crippen LogP contribution in [-0.4, -0.2) is 43.6 Å². The lowest BCUT2D eigenvalue weighted by atomic mass is 10.2. The molecule has 0 amide bonds. The maximum atomic E-state index is 10.8. The van der Waals surface area contributed by atoms with Crippen molar-refractivity contribution in [3.63, 3.8) is 0 Å². The SMILES string of the molecule is CSCCC(C)n1c(SCC(=O)O)nnc1-c1cccs1. The summed E-state index contributed by atoms with van der Waals surface area (Å²) >= 11 is 4.64. The summed E-state index contributed by atoms with van der Waals surface area (Å²) in [4.78, 5) is 11.8. The molecule has 5 nitrogen and oxygen atoms in total. The van der Waals surface area contributed by atoms with E-state index >= 15 is 0 Å². The van der Waals surface area contributed by atoms with Crippen LogP contribution in [0.25, 0.3) is 10.7 Å². The van der Waals surface area contributed by atoms with Crippen molar-refractivity contribution in [1.82, 2.24) is 14.8 Å². The van der Waals surface area contributed by atoms with Gasteiger partial charge in [-0.1, -0.05) is 17.8 Å². The van der Waals surface area contributed by atoms with Crippen molar-refractivity contribution in [2.75, 3.05) is 17.8 Å². The van der Waals surface area contributed by atoms with Crippen LogP contribution in [0, 0.1) is 0 Å². The largest absolute Gasteiger partial charge is 0.481 e. The molecule has 2 rings (SSSR count). The molecule has 0 fully saturated rings. The molecular weight excluding hydrogens is 326 g/mol. The first-order valence-corrected chi connectivity index (χ1v) is 9.71. The number of thiophene rings is 1. The Hall–Kier alpha value is -0.990. The van der Waals surface area contributed by atoms with E-state index in [0.717, 1.165) is 22.9 Å². The smallest absolute Gasteiger partial charge is 0.313 e. The molecule has 2 aromatic heterocycles. The van der Waals surface area contributed by atoms with Crippen LogP contribution in [0.3, 0.4) is 0 Å². The minimum Gasteiger partial charge on any atom is -0.481 e. The molecule has 2 aromatic rings. The van der Waals surface area contributed by atoms with Crippen LogP contribution in [0.4, 0.5) is 0 Å². The minimum absolute atomic E-state index is 0.00216. The van der Waals surface area contributed by atoms with Gasteiger partial charge in [-0.3, -0.25) is 9.36 Å². The lowest BCUT2D eigenvalue weighted by Crippen LogP contribution is -2.10. The highest BCUT2D eigenvalue weighted by atomic mass is 32.2. The van der Waals surface area contributed by atoms with Gasteiger partial charge in [0.2, 0.25) is 0 Å². The van der Waals surface area contributed by atoms with E-state index in [0.29, 0.717) is 5.16 Å². The molecule has 8 heteroatoms. The van der Waals surface area contributed by atoms with Crippen molar-refractivity contribution < 1.29 is 9.90 Å². The fourth-order valence-corrected chi connectivity index (χ4v) is 3.93. The van der Waals surface area contributed by atoms with Gasteiger partial charge in [0, 0.05) is 6.04 Å². The van der Waals surface area contributed by atoms with Crippen LogP contribution in [0.1, 0.15) is 19.4 Å². The zero-order chi connectivity index (χ0) is 15.2. The molecule has 0 aliphatic heterocycles. The zero-order valence-electron chi connectivity index (χ0n) is 11.9. The molecule has 1 unspecified atom stereocenters. The average molecular weight is 343 g/mol. The van der Waals surface area contributed by atoms with Crippen LogP contribution in [-0.2, 0) is 4.79 Å². The normalized spacial score (nSPS) is 12.5. The number of carboxylic acid groups (broad SMARTS) is 1. The Morgan fingerprint density at radius 2 is 2.33 bits per heavy atom. The van der Waals surface area contributed by atoms with Gasteiger partial charge in [-0.05, 0) is 36.8 Å². The molecular formula is C13H17N3O2S3. The second kappa shape index (κ2) is 7.86. The Balaban J connectivity index is 2.30. The Labute approximate surface area is 136 Å². The van der Waals surface area contributed by atoms with Crippen molar-refractivity contribution in [1.29, 1.82) is 0 Å². The predicted molar refractivity (Wildman–Crippen MR) is 89.4 cm³/mol. The second-order valence-electron chi connectivity index (χ2n) is 4.47. The summed E-state index contributed by atoms with van der Waals surface area (Å²) in [7, 11) is 0. The number of hydrogen-bond donors (Lipinski definition) is 1. The standard InChI is InChI=1S/C13H17N3O2S3/c1-9(5-7-19-2)16-12(10-4-3-6-20-10)14-15-13(16)21-8-11(17)18/h3-4,6,9H,5,7-8H2,1-2H3,(H,17,18). The van der Waals surface area contributed by atoms with Gasteiger partial charge in [-0.15, -0.1) is 21.5 Å². The third-order valence-electron chi connectivity index (χ3n) is 2.91. The summed E-state index contributed by atoms with van der Waals surface area (Å²) in [6.45, 7) is 2.13. The number of aliphatic carboxylic acids is 1. The van der Waals surface area contributed by atoms with E-state index in [4.69, 9.17) is 5.11 Å². The van der Waals surface area contributed by atoms with Crippen LogP contribution >= 0.6 is 34.9 Å². The van der Waals surface area contributed by atoms with E-state index in [2.05, 4.69) is 27.9 Å². The summed E-state index contributed by atoms with van der Waals surface area (Å²) in [5.74, 6) is 1.03. The number of aromatic nitrogens is 3. The monoisotopic (exact) mass is 343 g/mol. The first kappa shape index (κ1) is 16.4. The summed E-state index contributed by atoms with van der Waals surface area (Å²) in [5.41, 5.74) is 0. The van der Waals surface area contributed by atoms with Crippen molar-refractivity contribution in [2.24, 2.45) is 0 Å². The molecule has 21 heavy (non-hydrogen) atoms. The summed E-state index contributed by atoms with van der Waals surface area (Å²) in [5, 5.41) is 20.0. The van der Waals surface area contributed by atoms with E-state index in [9.17, 15) is 4.79 Å². The van der Waals surface area contributed by atoms with Gasteiger partial charge in [0.25, 0.3) is 0 Å². The van der Waals surface area contributed by atoms with E-state index in [-0.39, 0.29) is 11.8 Å². The topological polar surface area (TPSA) is 68.0 Å². The molecule has 0 saturated carbocycles. The number of carboxylic acids is 1. The van der Waals surface area contributed by atoms with Crippen molar-refractivity contribution >= 4 is 40.8 Å². The third kappa shape index (κ3) is 4.24. The highest BCUT2D eigenvalue weighted by molar-refractivity contribution is 7.99. The Bertz CT molecular complexity index is 584. The summed E-state index contributed by atoms with van der Waals surface area (Å²) < 4.78 is 2.07. The number of thioether (sulfide) groups is 2. The quantitative estimate of drug-likeness (QED) is 0.740. The lowest BCUT2D eigenvalue weighted by Gasteiger charge is -2.16. The molecule has 1 N–H and O–H groups in total. The Kier molecular flexibility index (Phi) is 6.13. The number of carbonyl (C=O) groups is 1. The molecule has 1 atom stereocenters. The van der Waals surface area contributed by atoms with Gasteiger partial charge in [-0.25, -0.2) is 0 Å². The van der Waals surface area contributed by atoms with Gasteiger partial charge in [0.15, 0.2) is 11.0 Å². The Morgan fingerprint density at radius 1 is 1.52 bits per heavy atom. The fourth-order valence-electron chi connectivity index (χ4n) is 1.89. The minimum atomic E-state index is -0.844. The molecule has 0 bridgehead atoms. The highest BCUT2D eigenvalue weighted by Gasteiger charge is 2.20. The van der Waals surface area contributed by atoms with E-state index in [1.54, 1.807) is 23.1 Å². The molecule has 0 radical (unpaired) electrons. The number of hydrogen-bond acceptors (Lipinski definition) is 6. The Morgan fingerprint density at radius 3 is 2.95 bits per heavy atom. The van der Waals surface area contributed by atoms with Crippen LogP contribution in [0.15, 0.2) is 22.7 Å². The second-order valence-corrected chi connectivity index (χ2v) is 7.34. The molecule has 114 valence electrons. The predicted octanol–water partition coefficient (Wildman–Crippen LogP) is 3.50. The molecule has 2 heterocycles. The van der Waals surface area contributed by atoms with E-state index < -0.39 is 5.97 Å². The van der Waals surface area contributed by atoms with Gasteiger partial charge in [0.05, 0.1) is 10.6 Å². The molecule has 0 aromatic carbocycles. The first-order valence-electron chi connectivity index (χ1n) is 6.45. The van der Waals surface area contributed by atoms with Crippen LogP contribution in [0.5, 0.6) is 0 Å². The van der Waals surface area contributed by atoms with Crippen molar-refractivity contribution in [2.45, 2.75) is 24.5 Å². The fraction of sp³-hybridized carbons (Fsp3) is 0.462. The molecule has 0 spiro atoms. The van der Waals surface area contributed by atoms with E-state index in [1.807, 2.05) is 17.5 Å². The summed E-state index contributed by atoms with van der Waals surface area (Å²) in [6.07, 6.45) is 3.08. The highest BCUT2D eigenvalue weighted by Crippen LogP contribution is 2.31. The number of nitrogens with zero attached hydrogens (tertiary/aromatic N) is 3. The molecule has 0 aliphatic rings.